The number of hydrogen-bond donors (Lipinski definition) is 1. The van der Waals surface area contributed by atoms with E-state index in [9.17, 15) is 13.2 Å². The van der Waals surface area contributed by atoms with Crippen molar-refractivity contribution >= 4 is 5.82 Å². The molecule has 1 aromatic heterocycles. The summed E-state index contributed by atoms with van der Waals surface area (Å²) in [6, 6.07) is 3.86. The van der Waals surface area contributed by atoms with Crippen LogP contribution in [0.4, 0.5) is 19.0 Å². The number of rotatable bonds is 4. The maximum Gasteiger partial charge on any atom is 0.389 e. The predicted octanol–water partition coefficient (Wildman–Crippen LogP) is 3.32. The highest BCUT2D eigenvalue weighted by molar-refractivity contribution is 5.40. The van der Waals surface area contributed by atoms with Gasteiger partial charge in [0.1, 0.15) is 5.82 Å². The number of aromatic nitrogens is 1. The molecule has 17 heavy (non-hydrogen) atoms. The zero-order chi connectivity index (χ0) is 12.3. The van der Waals surface area contributed by atoms with Gasteiger partial charge in [-0.05, 0) is 37.3 Å². The lowest BCUT2D eigenvalue weighted by molar-refractivity contribution is -0.134. The molecule has 2 rings (SSSR count). The summed E-state index contributed by atoms with van der Waals surface area (Å²) in [5.74, 6) is 0.688. The van der Waals surface area contributed by atoms with Gasteiger partial charge >= 0.3 is 6.18 Å². The Hall–Kier alpha value is -1.26. The number of hydrogen-bond acceptors (Lipinski definition) is 2. The van der Waals surface area contributed by atoms with Crippen molar-refractivity contribution in [2.75, 3.05) is 11.9 Å². The molecule has 0 saturated heterocycles. The molecule has 1 aliphatic rings. The first-order valence-corrected chi connectivity index (χ1v) is 5.84. The number of halogens is 3. The summed E-state index contributed by atoms with van der Waals surface area (Å²) in [7, 11) is 0. The van der Waals surface area contributed by atoms with Crippen LogP contribution in [0.2, 0.25) is 0 Å². The maximum absolute atomic E-state index is 11.9. The highest BCUT2D eigenvalue weighted by Crippen LogP contribution is 2.23. The number of nitrogens with one attached hydrogen (secondary N) is 1. The molecule has 0 unspecified atom stereocenters. The fourth-order valence-corrected chi connectivity index (χ4v) is 2.02. The molecule has 0 aliphatic heterocycles. The van der Waals surface area contributed by atoms with Crippen molar-refractivity contribution in [2.45, 2.75) is 38.3 Å². The molecule has 0 spiro atoms. The number of pyridine rings is 1. The Labute approximate surface area is 98.2 Å². The smallest absolute Gasteiger partial charge is 0.370 e. The van der Waals surface area contributed by atoms with Crippen LogP contribution in [0.1, 0.15) is 30.5 Å². The minimum Gasteiger partial charge on any atom is -0.370 e. The van der Waals surface area contributed by atoms with Crippen LogP contribution in [0.15, 0.2) is 12.1 Å². The number of anilines is 1. The Morgan fingerprint density at radius 1 is 1.24 bits per heavy atom. The normalized spacial score (nSPS) is 14.8. The SMILES string of the molecule is FC(F)(F)CCCNc1ccc2c(n1)CCC2. The van der Waals surface area contributed by atoms with E-state index in [-0.39, 0.29) is 6.42 Å². The standard InChI is InChI=1S/C12H15F3N2/c13-12(14,15)7-2-8-16-11-6-5-9-3-1-4-10(9)17-11/h5-6H,1-4,7-8H2,(H,16,17). The van der Waals surface area contributed by atoms with E-state index in [1.165, 1.54) is 5.56 Å². The van der Waals surface area contributed by atoms with E-state index in [0.717, 1.165) is 25.0 Å². The van der Waals surface area contributed by atoms with Crippen molar-refractivity contribution in [1.29, 1.82) is 0 Å². The molecule has 5 heteroatoms. The zero-order valence-electron chi connectivity index (χ0n) is 9.48. The lowest BCUT2D eigenvalue weighted by Gasteiger charge is -2.08. The minimum atomic E-state index is -4.06. The molecule has 2 nitrogen and oxygen atoms in total. The first kappa shape index (κ1) is 12.2. The monoisotopic (exact) mass is 244 g/mol. The molecular weight excluding hydrogens is 229 g/mol. The van der Waals surface area contributed by atoms with E-state index in [0.29, 0.717) is 12.4 Å². The first-order chi connectivity index (χ1) is 8.04. The Bertz CT molecular complexity index is 388. The second kappa shape index (κ2) is 4.94. The largest absolute Gasteiger partial charge is 0.389 e. The summed E-state index contributed by atoms with van der Waals surface area (Å²) >= 11 is 0. The number of aryl methyl sites for hydroxylation is 2. The Morgan fingerprint density at radius 3 is 2.82 bits per heavy atom. The third kappa shape index (κ3) is 3.61. The molecule has 0 amide bonds. The Morgan fingerprint density at radius 2 is 2.06 bits per heavy atom. The highest BCUT2D eigenvalue weighted by atomic mass is 19.4. The summed E-state index contributed by atoms with van der Waals surface area (Å²) in [6.45, 7) is 0.311. The van der Waals surface area contributed by atoms with Gasteiger partial charge in [0, 0.05) is 18.7 Å². The van der Waals surface area contributed by atoms with Crippen molar-refractivity contribution in [3.8, 4) is 0 Å². The van der Waals surface area contributed by atoms with Crippen molar-refractivity contribution in [3.63, 3.8) is 0 Å². The van der Waals surface area contributed by atoms with E-state index in [4.69, 9.17) is 0 Å². The zero-order valence-corrected chi connectivity index (χ0v) is 9.48. The maximum atomic E-state index is 11.9. The van der Waals surface area contributed by atoms with E-state index < -0.39 is 12.6 Å². The number of fused-ring (bicyclic) bond motifs is 1. The third-order valence-corrected chi connectivity index (χ3v) is 2.87. The molecule has 1 aromatic rings. The summed E-state index contributed by atoms with van der Waals surface area (Å²) < 4.78 is 35.8. The first-order valence-electron chi connectivity index (χ1n) is 5.84. The third-order valence-electron chi connectivity index (χ3n) is 2.87. The van der Waals surface area contributed by atoms with E-state index in [1.807, 2.05) is 12.1 Å². The molecule has 0 radical (unpaired) electrons. The van der Waals surface area contributed by atoms with Gasteiger partial charge in [-0.2, -0.15) is 13.2 Å². The van der Waals surface area contributed by atoms with Gasteiger partial charge in [-0.15, -0.1) is 0 Å². The molecule has 0 bridgehead atoms. The van der Waals surface area contributed by atoms with Gasteiger partial charge in [0.25, 0.3) is 0 Å². The van der Waals surface area contributed by atoms with Gasteiger partial charge in [-0.1, -0.05) is 6.07 Å². The summed E-state index contributed by atoms with van der Waals surface area (Å²) in [6.07, 6.45) is -1.55. The predicted molar refractivity (Wildman–Crippen MR) is 60.0 cm³/mol. The molecule has 0 atom stereocenters. The van der Waals surface area contributed by atoms with Crippen LogP contribution in [0.5, 0.6) is 0 Å². The number of nitrogens with zero attached hydrogens (tertiary/aromatic N) is 1. The van der Waals surface area contributed by atoms with Crippen molar-refractivity contribution in [2.24, 2.45) is 0 Å². The molecule has 0 aromatic carbocycles. The quantitative estimate of drug-likeness (QED) is 0.822. The van der Waals surface area contributed by atoms with Gasteiger partial charge in [-0.25, -0.2) is 4.98 Å². The van der Waals surface area contributed by atoms with E-state index in [1.54, 1.807) is 0 Å². The van der Waals surface area contributed by atoms with Crippen LogP contribution >= 0.6 is 0 Å². The van der Waals surface area contributed by atoms with Gasteiger partial charge in [0.05, 0.1) is 0 Å². The topological polar surface area (TPSA) is 24.9 Å². The summed E-state index contributed by atoms with van der Waals surface area (Å²) in [5, 5.41) is 2.94. The molecule has 0 fully saturated rings. The lowest BCUT2D eigenvalue weighted by Crippen LogP contribution is -2.11. The Kier molecular flexibility index (Phi) is 3.54. The molecular formula is C12H15F3N2. The lowest BCUT2D eigenvalue weighted by atomic mass is 10.2. The average molecular weight is 244 g/mol. The van der Waals surface area contributed by atoms with Crippen molar-refractivity contribution < 1.29 is 13.2 Å². The van der Waals surface area contributed by atoms with Gasteiger partial charge in [0.2, 0.25) is 0 Å². The van der Waals surface area contributed by atoms with Crippen molar-refractivity contribution in [3.05, 3.63) is 23.4 Å². The van der Waals surface area contributed by atoms with Gasteiger partial charge in [0.15, 0.2) is 0 Å². The van der Waals surface area contributed by atoms with Crippen LogP contribution in [-0.4, -0.2) is 17.7 Å². The molecule has 1 aliphatic carbocycles. The van der Waals surface area contributed by atoms with Crippen LogP contribution in [-0.2, 0) is 12.8 Å². The van der Waals surface area contributed by atoms with Gasteiger partial charge < -0.3 is 5.32 Å². The molecule has 1 heterocycles. The second-order valence-corrected chi connectivity index (χ2v) is 4.30. The molecule has 1 N–H and O–H groups in total. The van der Waals surface area contributed by atoms with Crippen LogP contribution < -0.4 is 5.32 Å². The van der Waals surface area contributed by atoms with Crippen LogP contribution in [0.25, 0.3) is 0 Å². The highest BCUT2D eigenvalue weighted by Gasteiger charge is 2.25. The average Bonchev–Trinajstić information content (AvgIpc) is 2.70. The fourth-order valence-electron chi connectivity index (χ4n) is 2.02. The molecule has 0 saturated carbocycles. The fraction of sp³-hybridized carbons (Fsp3) is 0.583. The Balaban J connectivity index is 1.80. The van der Waals surface area contributed by atoms with E-state index in [2.05, 4.69) is 10.3 Å². The minimum absolute atomic E-state index is 0.0856. The van der Waals surface area contributed by atoms with Crippen LogP contribution in [0, 0.1) is 0 Å². The second-order valence-electron chi connectivity index (χ2n) is 4.30. The summed E-state index contributed by atoms with van der Waals surface area (Å²) in [4.78, 5) is 4.39. The summed E-state index contributed by atoms with van der Waals surface area (Å²) in [5.41, 5.74) is 2.36. The van der Waals surface area contributed by atoms with Crippen LogP contribution in [0.3, 0.4) is 0 Å². The number of alkyl halides is 3. The van der Waals surface area contributed by atoms with E-state index >= 15 is 0 Å². The molecule has 94 valence electrons. The van der Waals surface area contributed by atoms with Crippen molar-refractivity contribution in [1.82, 2.24) is 4.98 Å². The van der Waals surface area contributed by atoms with Gasteiger partial charge in [-0.3, -0.25) is 0 Å².